The van der Waals surface area contributed by atoms with Crippen LogP contribution < -0.4 is 14.8 Å². The minimum atomic E-state index is -3.32. The highest BCUT2D eigenvalue weighted by molar-refractivity contribution is 7.91. The Morgan fingerprint density at radius 2 is 1.86 bits per heavy atom. The first-order chi connectivity index (χ1) is 13.3. The highest BCUT2D eigenvalue weighted by atomic mass is 32.2. The van der Waals surface area contributed by atoms with Crippen LogP contribution in [0.1, 0.15) is 12.5 Å². The van der Waals surface area contributed by atoms with Crippen molar-refractivity contribution in [3.63, 3.8) is 0 Å². The first kappa shape index (κ1) is 21.4. The maximum absolute atomic E-state index is 12.6. The van der Waals surface area contributed by atoms with Gasteiger partial charge in [0.15, 0.2) is 21.3 Å². The van der Waals surface area contributed by atoms with Crippen molar-refractivity contribution in [1.29, 1.82) is 0 Å². The zero-order valence-corrected chi connectivity index (χ0v) is 16.0. The molecule has 6 nitrogen and oxygen atoms in total. The van der Waals surface area contributed by atoms with E-state index in [9.17, 15) is 22.0 Å². The van der Waals surface area contributed by atoms with Crippen LogP contribution >= 0.6 is 0 Å². The van der Waals surface area contributed by atoms with Crippen LogP contribution in [-0.2, 0) is 14.6 Å². The summed E-state index contributed by atoms with van der Waals surface area (Å²) in [5, 5.41) is 2.56. The normalized spacial score (nSPS) is 11.6. The van der Waals surface area contributed by atoms with Crippen molar-refractivity contribution in [2.24, 2.45) is 0 Å². The highest BCUT2D eigenvalue weighted by Crippen LogP contribution is 2.33. The van der Waals surface area contributed by atoms with Crippen molar-refractivity contribution in [2.75, 3.05) is 18.2 Å². The number of carbonyl (C=O) groups excluding carboxylic acids is 1. The van der Waals surface area contributed by atoms with E-state index >= 15 is 0 Å². The number of alkyl halides is 2. The summed E-state index contributed by atoms with van der Waals surface area (Å²) in [7, 11) is -2.01. The molecule has 1 amide bonds. The van der Waals surface area contributed by atoms with Crippen molar-refractivity contribution in [1.82, 2.24) is 0 Å². The standard InChI is InChI=1S/C19H19F2NO5S/c1-3-28(24,25)15-10-8-14(9-11-15)22-17(23)12-7-13-5-4-6-16(26-2)18(13)27-19(20)21/h4-12,19H,3H2,1-2H3,(H,22,23)/b12-7+. The van der Waals surface area contributed by atoms with E-state index in [2.05, 4.69) is 10.1 Å². The number of halogens is 2. The van der Waals surface area contributed by atoms with Gasteiger partial charge in [0.1, 0.15) is 0 Å². The monoisotopic (exact) mass is 411 g/mol. The average molecular weight is 411 g/mol. The summed E-state index contributed by atoms with van der Waals surface area (Å²) in [6.07, 6.45) is 2.45. The van der Waals surface area contributed by atoms with Gasteiger partial charge in [0, 0.05) is 17.3 Å². The molecule has 0 fully saturated rings. The molecule has 0 saturated carbocycles. The van der Waals surface area contributed by atoms with Crippen molar-refractivity contribution < 1.29 is 31.5 Å². The summed E-state index contributed by atoms with van der Waals surface area (Å²) in [4.78, 5) is 12.2. The van der Waals surface area contributed by atoms with Crippen molar-refractivity contribution in [2.45, 2.75) is 18.4 Å². The lowest BCUT2D eigenvalue weighted by molar-refractivity contribution is -0.111. The Balaban J connectivity index is 2.14. The van der Waals surface area contributed by atoms with Gasteiger partial charge in [-0.1, -0.05) is 19.1 Å². The molecule has 9 heteroatoms. The molecular formula is C19H19F2NO5S. The second kappa shape index (κ2) is 9.32. The van der Waals surface area contributed by atoms with Crippen LogP contribution in [-0.4, -0.2) is 33.8 Å². The molecule has 0 aliphatic carbocycles. The smallest absolute Gasteiger partial charge is 0.387 e. The molecule has 0 radical (unpaired) electrons. The number of hydrogen-bond acceptors (Lipinski definition) is 5. The Labute approximate surface area is 161 Å². The zero-order chi connectivity index (χ0) is 20.7. The van der Waals surface area contributed by atoms with Crippen LogP contribution in [0.3, 0.4) is 0 Å². The van der Waals surface area contributed by atoms with Crippen molar-refractivity contribution >= 4 is 27.5 Å². The van der Waals surface area contributed by atoms with Crippen molar-refractivity contribution in [3.8, 4) is 11.5 Å². The predicted molar refractivity (Wildman–Crippen MR) is 101 cm³/mol. The molecule has 0 unspecified atom stereocenters. The molecule has 0 saturated heterocycles. The molecule has 2 aromatic rings. The van der Waals surface area contributed by atoms with Gasteiger partial charge in [-0.25, -0.2) is 8.42 Å². The predicted octanol–water partition coefficient (Wildman–Crippen LogP) is 3.74. The van der Waals surface area contributed by atoms with Gasteiger partial charge in [-0.05, 0) is 36.4 Å². The summed E-state index contributed by atoms with van der Waals surface area (Å²) in [6, 6.07) is 10.2. The van der Waals surface area contributed by atoms with Crippen LogP contribution in [0.4, 0.5) is 14.5 Å². The Kier molecular flexibility index (Phi) is 7.11. The number of nitrogens with one attached hydrogen (secondary N) is 1. The third-order valence-corrected chi connectivity index (χ3v) is 5.46. The van der Waals surface area contributed by atoms with Gasteiger partial charge in [0.25, 0.3) is 0 Å². The first-order valence-corrected chi connectivity index (χ1v) is 9.85. The maximum Gasteiger partial charge on any atom is 0.387 e. The lowest BCUT2D eigenvalue weighted by atomic mass is 10.1. The molecule has 0 heterocycles. The molecule has 28 heavy (non-hydrogen) atoms. The SMILES string of the molecule is CCS(=O)(=O)c1ccc(NC(=O)/C=C/c2cccc(OC)c2OC(F)F)cc1. The van der Waals surface area contributed by atoms with Crippen LogP contribution in [0.5, 0.6) is 11.5 Å². The Morgan fingerprint density at radius 3 is 2.43 bits per heavy atom. The van der Waals surface area contributed by atoms with Gasteiger partial charge in [-0.2, -0.15) is 8.78 Å². The number of rotatable bonds is 8. The van der Waals surface area contributed by atoms with E-state index in [4.69, 9.17) is 4.74 Å². The Morgan fingerprint density at radius 1 is 1.18 bits per heavy atom. The molecule has 0 aromatic heterocycles. The number of carbonyl (C=O) groups is 1. The Bertz CT molecular complexity index is 957. The van der Waals surface area contributed by atoms with Crippen molar-refractivity contribution in [3.05, 3.63) is 54.1 Å². The van der Waals surface area contributed by atoms with Gasteiger partial charge in [-0.15, -0.1) is 0 Å². The number of anilines is 1. The van der Waals surface area contributed by atoms with Gasteiger partial charge >= 0.3 is 6.61 Å². The number of sulfone groups is 1. The van der Waals surface area contributed by atoms with Gasteiger partial charge in [0.2, 0.25) is 5.91 Å². The number of ether oxygens (including phenoxy) is 2. The highest BCUT2D eigenvalue weighted by Gasteiger charge is 2.14. The van der Waals surface area contributed by atoms with Gasteiger partial charge in [0.05, 0.1) is 17.8 Å². The number of methoxy groups -OCH3 is 1. The molecule has 0 aliphatic rings. The molecule has 2 rings (SSSR count). The summed E-state index contributed by atoms with van der Waals surface area (Å²) < 4.78 is 58.3. The number of benzene rings is 2. The minimum absolute atomic E-state index is 0.0228. The fourth-order valence-electron chi connectivity index (χ4n) is 2.30. The van der Waals surface area contributed by atoms with Crippen LogP contribution in [0.25, 0.3) is 6.08 Å². The van der Waals surface area contributed by atoms with Crippen LogP contribution in [0.15, 0.2) is 53.4 Å². The molecule has 0 aliphatic heterocycles. The van der Waals surface area contributed by atoms with E-state index in [-0.39, 0.29) is 27.7 Å². The molecule has 150 valence electrons. The first-order valence-electron chi connectivity index (χ1n) is 8.20. The van der Waals surface area contributed by atoms with E-state index < -0.39 is 22.4 Å². The second-order valence-corrected chi connectivity index (χ2v) is 7.79. The second-order valence-electron chi connectivity index (χ2n) is 5.51. The van der Waals surface area contributed by atoms with Gasteiger partial charge < -0.3 is 14.8 Å². The molecular weight excluding hydrogens is 392 g/mol. The maximum atomic E-state index is 12.6. The number of amides is 1. The lowest BCUT2D eigenvalue weighted by Crippen LogP contribution is -2.09. The number of para-hydroxylation sites is 1. The van der Waals surface area contributed by atoms with Crippen LogP contribution in [0, 0.1) is 0 Å². The quantitative estimate of drug-likeness (QED) is 0.669. The minimum Gasteiger partial charge on any atom is -0.493 e. The van der Waals surface area contributed by atoms with E-state index in [0.717, 1.165) is 6.08 Å². The molecule has 0 bridgehead atoms. The largest absolute Gasteiger partial charge is 0.493 e. The van der Waals surface area contributed by atoms with E-state index in [0.29, 0.717) is 5.69 Å². The zero-order valence-electron chi connectivity index (χ0n) is 15.2. The fraction of sp³-hybridized carbons (Fsp3) is 0.211. The summed E-state index contributed by atoms with van der Waals surface area (Å²) in [5.74, 6) is -0.629. The Hall–Kier alpha value is -2.94. The topological polar surface area (TPSA) is 81.7 Å². The average Bonchev–Trinajstić information content (AvgIpc) is 2.67. The van der Waals surface area contributed by atoms with E-state index in [1.165, 1.54) is 49.6 Å². The summed E-state index contributed by atoms with van der Waals surface area (Å²) >= 11 is 0. The third kappa shape index (κ3) is 5.53. The summed E-state index contributed by atoms with van der Waals surface area (Å²) in [6.45, 7) is -1.50. The molecule has 1 N–H and O–H groups in total. The molecule has 0 atom stereocenters. The van der Waals surface area contributed by atoms with E-state index in [1.54, 1.807) is 13.0 Å². The lowest BCUT2D eigenvalue weighted by Gasteiger charge is -2.12. The molecule has 2 aromatic carbocycles. The van der Waals surface area contributed by atoms with Crippen LogP contribution in [0.2, 0.25) is 0 Å². The summed E-state index contributed by atoms with van der Waals surface area (Å²) in [5.41, 5.74) is 0.624. The van der Waals surface area contributed by atoms with E-state index in [1.807, 2.05) is 0 Å². The third-order valence-electron chi connectivity index (χ3n) is 3.71. The molecule has 0 spiro atoms. The fourth-order valence-corrected chi connectivity index (χ4v) is 3.19. The van der Waals surface area contributed by atoms with Gasteiger partial charge in [-0.3, -0.25) is 4.79 Å². The number of hydrogen-bond donors (Lipinski definition) is 1.